The number of aliphatic carboxylic acids is 1. The number of hydrogen-bond donors (Lipinski definition) is 1. The zero-order valence-electron chi connectivity index (χ0n) is 10.6. The van der Waals surface area contributed by atoms with Crippen LogP contribution in [0.5, 0.6) is 0 Å². The molecule has 0 heterocycles. The van der Waals surface area contributed by atoms with E-state index in [1.54, 1.807) is 0 Å². The average molecular weight is 241 g/mol. The number of carboxylic acid groups (broad SMARTS) is 1. The molecule has 0 saturated heterocycles. The Morgan fingerprint density at radius 3 is 2.18 bits per heavy atom. The molecule has 0 rings (SSSR count). The van der Waals surface area contributed by atoms with Crippen LogP contribution < -0.4 is 0 Å². The summed E-state index contributed by atoms with van der Waals surface area (Å²) in [5.41, 5.74) is 8.20. The first-order valence-electron chi connectivity index (χ1n) is 6.49. The molecule has 1 unspecified atom stereocenters. The van der Waals surface area contributed by atoms with Gasteiger partial charge in [0.25, 0.3) is 0 Å². The van der Waals surface area contributed by atoms with Gasteiger partial charge >= 0.3 is 5.97 Å². The summed E-state index contributed by atoms with van der Waals surface area (Å²) < 4.78 is 0. The minimum atomic E-state index is -1.02. The van der Waals surface area contributed by atoms with E-state index in [1.807, 2.05) is 0 Å². The Morgan fingerprint density at radius 1 is 1.18 bits per heavy atom. The van der Waals surface area contributed by atoms with E-state index in [0.29, 0.717) is 6.42 Å². The third kappa shape index (κ3) is 9.69. The molecular weight excluding hydrogens is 218 g/mol. The van der Waals surface area contributed by atoms with Crippen LogP contribution in [-0.2, 0) is 4.79 Å². The SMILES string of the molecule is CCCCCCCCCCC(N=[N+]=[N-])C(=O)O. The normalized spacial score (nSPS) is 11.8. The van der Waals surface area contributed by atoms with Crippen molar-refractivity contribution in [1.82, 2.24) is 0 Å². The summed E-state index contributed by atoms with van der Waals surface area (Å²) in [6, 6.07) is -0.889. The van der Waals surface area contributed by atoms with Gasteiger partial charge in [0.05, 0.1) is 0 Å². The molecule has 0 saturated carbocycles. The van der Waals surface area contributed by atoms with Gasteiger partial charge in [0.15, 0.2) is 0 Å². The summed E-state index contributed by atoms with van der Waals surface area (Å²) in [6.07, 6.45) is 9.80. The number of nitrogens with zero attached hydrogens (tertiary/aromatic N) is 3. The quantitative estimate of drug-likeness (QED) is 0.253. The van der Waals surface area contributed by atoms with E-state index in [0.717, 1.165) is 19.3 Å². The molecule has 5 nitrogen and oxygen atoms in total. The Labute approximate surface area is 103 Å². The van der Waals surface area contributed by atoms with Crippen molar-refractivity contribution < 1.29 is 9.90 Å². The van der Waals surface area contributed by atoms with Crippen molar-refractivity contribution in [1.29, 1.82) is 0 Å². The minimum Gasteiger partial charge on any atom is -0.481 e. The van der Waals surface area contributed by atoms with Gasteiger partial charge in [-0.3, -0.25) is 4.79 Å². The fourth-order valence-corrected chi connectivity index (χ4v) is 1.76. The van der Waals surface area contributed by atoms with Gasteiger partial charge in [-0.2, -0.15) is 0 Å². The monoisotopic (exact) mass is 241 g/mol. The van der Waals surface area contributed by atoms with Crippen molar-refractivity contribution in [3.63, 3.8) is 0 Å². The predicted octanol–water partition coefficient (Wildman–Crippen LogP) is 4.28. The number of hydrogen-bond acceptors (Lipinski definition) is 2. The molecule has 1 atom stereocenters. The average Bonchev–Trinajstić information content (AvgIpc) is 2.31. The van der Waals surface area contributed by atoms with Crippen LogP contribution in [0.1, 0.15) is 64.7 Å². The third-order valence-corrected chi connectivity index (χ3v) is 2.81. The lowest BCUT2D eigenvalue weighted by molar-refractivity contribution is -0.138. The van der Waals surface area contributed by atoms with Gasteiger partial charge in [0.1, 0.15) is 6.04 Å². The highest BCUT2D eigenvalue weighted by molar-refractivity contribution is 5.73. The third-order valence-electron chi connectivity index (χ3n) is 2.81. The first-order chi connectivity index (χ1) is 8.22. The van der Waals surface area contributed by atoms with Crippen molar-refractivity contribution in [2.24, 2.45) is 5.11 Å². The van der Waals surface area contributed by atoms with Gasteiger partial charge in [-0.05, 0) is 12.0 Å². The zero-order chi connectivity index (χ0) is 12.9. The molecule has 0 spiro atoms. The Hall–Kier alpha value is -1.22. The van der Waals surface area contributed by atoms with E-state index in [4.69, 9.17) is 10.6 Å². The molecule has 0 aliphatic carbocycles. The van der Waals surface area contributed by atoms with Gasteiger partial charge < -0.3 is 5.11 Å². The van der Waals surface area contributed by atoms with Gasteiger partial charge in [0.2, 0.25) is 0 Å². The summed E-state index contributed by atoms with van der Waals surface area (Å²) in [5.74, 6) is -1.02. The highest BCUT2D eigenvalue weighted by Gasteiger charge is 2.13. The predicted molar refractivity (Wildman–Crippen MR) is 67.8 cm³/mol. The van der Waals surface area contributed by atoms with Crippen LogP contribution in [0.4, 0.5) is 0 Å². The fraction of sp³-hybridized carbons (Fsp3) is 0.917. The first kappa shape index (κ1) is 15.8. The molecule has 0 aliphatic heterocycles. The van der Waals surface area contributed by atoms with Crippen LogP contribution in [0, 0.1) is 0 Å². The Morgan fingerprint density at radius 2 is 1.71 bits per heavy atom. The molecule has 5 heteroatoms. The van der Waals surface area contributed by atoms with Gasteiger partial charge in [-0.1, -0.05) is 63.4 Å². The standard InChI is InChI=1S/C12H23N3O2/c1-2-3-4-5-6-7-8-9-10-11(12(16)17)14-15-13/h11H,2-10H2,1H3,(H,16,17). The van der Waals surface area contributed by atoms with E-state index in [2.05, 4.69) is 16.9 Å². The lowest BCUT2D eigenvalue weighted by Crippen LogP contribution is -2.16. The van der Waals surface area contributed by atoms with Crippen LogP contribution in [0.15, 0.2) is 5.11 Å². The molecule has 0 fully saturated rings. The number of rotatable bonds is 11. The second kappa shape index (κ2) is 11.3. The summed E-state index contributed by atoms with van der Waals surface area (Å²) in [5, 5.41) is 12.0. The molecule has 0 aromatic carbocycles. The summed E-state index contributed by atoms with van der Waals surface area (Å²) in [6.45, 7) is 2.20. The van der Waals surface area contributed by atoms with Crippen molar-refractivity contribution >= 4 is 5.97 Å². The summed E-state index contributed by atoms with van der Waals surface area (Å²) in [4.78, 5) is 13.2. The maximum atomic E-state index is 10.7. The van der Waals surface area contributed by atoms with E-state index >= 15 is 0 Å². The van der Waals surface area contributed by atoms with Crippen LogP contribution in [0.25, 0.3) is 10.4 Å². The van der Waals surface area contributed by atoms with E-state index < -0.39 is 12.0 Å². The molecular formula is C12H23N3O2. The number of carbonyl (C=O) groups is 1. The largest absolute Gasteiger partial charge is 0.481 e. The molecule has 0 amide bonds. The zero-order valence-corrected chi connectivity index (χ0v) is 10.6. The Kier molecular flexibility index (Phi) is 10.5. The Bertz CT molecular complexity index is 248. The fourth-order valence-electron chi connectivity index (χ4n) is 1.76. The van der Waals surface area contributed by atoms with Crippen LogP contribution in [0.3, 0.4) is 0 Å². The smallest absolute Gasteiger partial charge is 0.312 e. The summed E-state index contributed by atoms with van der Waals surface area (Å²) in [7, 11) is 0. The van der Waals surface area contributed by atoms with Crippen LogP contribution >= 0.6 is 0 Å². The van der Waals surface area contributed by atoms with Crippen LogP contribution in [0.2, 0.25) is 0 Å². The second-order valence-electron chi connectivity index (χ2n) is 4.32. The first-order valence-corrected chi connectivity index (χ1v) is 6.49. The Balaban J connectivity index is 3.43. The lowest BCUT2D eigenvalue weighted by Gasteiger charge is -2.05. The number of carboxylic acids is 1. The van der Waals surface area contributed by atoms with Crippen molar-refractivity contribution in [2.75, 3.05) is 0 Å². The van der Waals surface area contributed by atoms with Gasteiger partial charge in [-0.25, -0.2) is 0 Å². The maximum Gasteiger partial charge on any atom is 0.312 e. The maximum absolute atomic E-state index is 10.7. The van der Waals surface area contributed by atoms with E-state index in [-0.39, 0.29) is 0 Å². The number of unbranched alkanes of at least 4 members (excludes halogenated alkanes) is 7. The molecule has 0 radical (unpaired) electrons. The van der Waals surface area contributed by atoms with E-state index in [9.17, 15) is 4.79 Å². The molecule has 0 aromatic rings. The molecule has 0 bridgehead atoms. The highest BCUT2D eigenvalue weighted by Crippen LogP contribution is 2.12. The van der Waals surface area contributed by atoms with Gasteiger partial charge in [-0.15, -0.1) is 0 Å². The van der Waals surface area contributed by atoms with Crippen LogP contribution in [-0.4, -0.2) is 17.1 Å². The lowest BCUT2D eigenvalue weighted by atomic mass is 10.1. The van der Waals surface area contributed by atoms with E-state index in [1.165, 1.54) is 32.1 Å². The molecule has 0 aromatic heterocycles. The number of azide groups is 1. The van der Waals surface area contributed by atoms with Crippen molar-refractivity contribution in [3.05, 3.63) is 10.4 Å². The molecule has 17 heavy (non-hydrogen) atoms. The topological polar surface area (TPSA) is 86.1 Å². The summed E-state index contributed by atoms with van der Waals surface area (Å²) >= 11 is 0. The second-order valence-corrected chi connectivity index (χ2v) is 4.32. The van der Waals surface area contributed by atoms with Gasteiger partial charge in [0, 0.05) is 4.91 Å². The van der Waals surface area contributed by atoms with Crippen molar-refractivity contribution in [3.8, 4) is 0 Å². The molecule has 98 valence electrons. The highest BCUT2D eigenvalue weighted by atomic mass is 16.4. The minimum absolute atomic E-state index is 0.453. The van der Waals surface area contributed by atoms with Crippen molar-refractivity contribution in [2.45, 2.75) is 70.8 Å². The molecule has 0 aliphatic rings. The molecule has 1 N–H and O–H groups in total.